The Kier molecular flexibility index (Phi) is 2.83. The molecule has 0 spiro atoms. The minimum absolute atomic E-state index is 0.0456. The third kappa shape index (κ3) is 1.95. The van der Waals surface area contributed by atoms with Crippen LogP contribution in [0.25, 0.3) is 0 Å². The Bertz CT molecular complexity index is 352. The molecule has 0 aliphatic carbocycles. The predicted molar refractivity (Wildman–Crippen MR) is 50.9 cm³/mol. The highest BCUT2D eigenvalue weighted by Gasteiger charge is 2.15. The Balaban J connectivity index is 3.19. The minimum Gasteiger partial charge on any atom is -0.487 e. The first kappa shape index (κ1) is 9.92. The monoisotopic (exact) mass is 198 g/mol. The summed E-state index contributed by atoms with van der Waals surface area (Å²) >= 11 is 1.20. The van der Waals surface area contributed by atoms with Gasteiger partial charge in [0.2, 0.25) is 0 Å². The number of rotatable bonds is 3. The molecule has 0 aliphatic heterocycles. The Morgan fingerprint density at radius 2 is 1.92 bits per heavy atom. The average Bonchev–Trinajstić information content (AvgIpc) is 2.47. The molecule has 0 saturated carbocycles. The van der Waals surface area contributed by atoms with Crippen molar-refractivity contribution >= 4 is 22.9 Å². The summed E-state index contributed by atoms with van der Waals surface area (Å²) in [6, 6.07) is 1.58. The summed E-state index contributed by atoms with van der Waals surface area (Å²) in [6.07, 6.45) is 0. The van der Waals surface area contributed by atoms with E-state index in [-0.39, 0.29) is 11.6 Å². The van der Waals surface area contributed by atoms with Crippen LogP contribution >= 0.6 is 11.3 Å². The van der Waals surface area contributed by atoms with Crippen molar-refractivity contribution in [2.24, 2.45) is 0 Å². The lowest BCUT2D eigenvalue weighted by Gasteiger charge is -1.95. The van der Waals surface area contributed by atoms with Gasteiger partial charge >= 0.3 is 0 Å². The maximum atomic E-state index is 11.1. The van der Waals surface area contributed by atoms with Crippen molar-refractivity contribution < 1.29 is 14.3 Å². The van der Waals surface area contributed by atoms with Gasteiger partial charge in [-0.1, -0.05) is 11.3 Å². The van der Waals surface area contributed by atoms with Crippen LogP contribution in [0.1, 0.15) is 33.9 Å². The molecular formula is C9H10O3S. The standard InChI is InChI=1S/C9H10O3S/c1-5(10)7-4-8(6(2)11)13-9(7)12-3/h4H,1-3H3. The van der Waals surface area contributed by atoms with Crippen LogP contribution in [0, 0.1) is 0 Å². The normalized spacial score (nSPS) is 9.77. The lowest BCUT2D eigenvalue weighted by Crippen LogP contribution is -1.92. The van der Waals surface area contributed by atoms with Gasteiger partial charge in [-0.15, -0.1) is 0 Å². The summed E-state index contributed by atoms with van der Waals surface area (Å²) in [7, 11) is 1.49. The van der Waals surface area contributed by atoms with Crippen LogP contribution in [0.3, 0.4) is 0 Å². The second-order valence-electron chi connectivity index (χ2n) is 2.63. The lowest BCUT2D eigenvalue weighted by molar-refractivity contribution is 0.101. The maximum Gasteiger partial charge on any atom is 0.185 e. The SMILES string of the molecule is COc1sc(C(C)=O)cc1C(C)=O. The summed E-state index contributed by atoms with van der Waals surface area (Å²) in [4.78, 5) is 22.6. The third-order valence-electron chi connectivity index (χ3n) is 1.61. The van der Waals surface area contributed by atoms with Gasteiger partial charge in [0.1, 0.15) is 0 Å². The van der Waals surface area contributed by atoms with Crippen LogP contribution < -0.4 is 4.74 Å². The second kappa shape index (κ2) is 3.70. The molecule has 0 amide bonds. The molecule has 0 saturated heterocycles. The van der Waals surface area contributed by atoms with Crippen molar-refractivity contribution in [3.63, 3.8) is 0 Å². The van der Waals surface area contributed by atoms with Gasteiger partial charge in [0.25, 0.3) is 0 Å². The second-order valence-corrected chi connectivity index (χ2v) is 3.64. The fourth-order valence-electron chi connectivity index (χ4n) is 0.945. The largest absolute Gasteiger partial charge is 0.487 e. The number of ether oxygens (including phenoxy) is 1. The van der Waals surface area contributed by atoms with Crippen molar-refractivity contribution in [1.29, 1.82) is 0 Å². The molecule has 3 nitrogen and oxygen atoms in total. The number of Topliss-reactive ketones (excluding diaryl/α,β-unsaturated/α-hetero) is 2. The van der Waals surface area contributed by atoms with Crippen molar-refractivity contribution in [1.82, 2.24) is 0 Å². The van der Waals surface area contributed by atoms with Gasteiger partial charge in [-0.05, 0) is 19.9 Å². The van der Waals surface area contributed by atoms with E-state index in [2.05, 4.69) is 0 Å². The smallest absolute Gasteiger partial charge is 0.185 e. The summed E-state index contributed by atoms with van der Waals surface area (Å²) < 4.78 is 4.98. The van der Waals surface area contributed by atoms with E-state index in [1.54, 1.807) is 6.07 Å². The van der Waals surface area contributed by atoms with Crippen LogP contribution in [-0.4, -0.2) is 18.7 Å². The van der Waals surface area contributed by atoms with Gasteiger partial charge in [-0.25, -0.2) is 0 Å². The number of methoxy groups -OCH3 is 1. The molecule has 13 heavy (non-hydrogen) atoms. The summed E-state index contributed by atoms with van der Waals surface area (Å²) in [5.41, 5.74) is 0.484. The van der Waals surface area contributed by atoms with E-state index in [4.69, 9.17) is 4.74 Å². The number of thiophene rings is 1. The van der Waals surface area contributed by atoms with Crippen molar-refractivity contribution in [2.75, 3.05) is 7.11 Å². The zero-order valence-electron chi connectivity index (χ0n) is 7.71. The number of hydrogen-bond donors (Lipinski definition) is 0. The third-order valence-corrected chi connectivity index (χ3v) is 2.81. The van der Waals surface area contributed by atoms with Gasteiger partial charge in [-0.3, -0.25) is 9.59 Å². The summed E-state index contributed by atoms with van der Waals surface area (Å²) in [5, 5.41) is 0.512. The van der Waals surface area contributed by atoms with Gasteiger partial charge in [0.15, 0.2) is 16.6 Å². The van der Waals surface area contributed by atoms with Crippen LogP contribution in [0.4, 0.5) is 0 Å². The topological polar surface area (TPSA) is 43.4 Å². The molecule has 1 aromatic heterocycles. The Morgan fingerprint density at radius 1 is 1.31 bits per heavy atom. The van der Waals surface area contributed by atoms with E-state index in [1.807, 2.05) is 0 Å². The maximum absolute atomic E-state index is 11.1. The molecule has 70 valence electrons. The van der Waals surface area contributed by atoms with Crippen LogP contribution in [0.5, 0.6) is 5.06 Å². The average molecular weight is 198 g/mol. The predicted octanol–water partition coefficient (Wildman–Crippen LogP) is 2.16. The molecule has 0 radical (unpaired) electrons. The lowest BCUT2D eigenvalue weighted by atomic mass is 10.2. The fourth-order valence-corrected chi connectivity index (χ4v) is 1.86. The molecule has 0 unspecified atom stereocenters. The van der Waals surface area contributed by atoms with E-state index in [0.717, 1.165) is 0 Å². The summed E-state index contributed by atoms with van der Waals surface area (Å²) in [5.74, 6) is -0.128. The Morgan fingerprint density at radius 3 is 2.23 bits per heavy atom. The molecule has 0 atom stereocenters. The van der Waals surface area contributed by atoms with E-state index in [9.17, 15) is 9.59 Å². The van der Waals surface area contributed by atoms with E-state index in [1.165, 1.54) is 32.3 Å². The van der Waals surface area contributed by atoms with E-state index in [0.29, 0.717) is 15.5 Å². The number of carbonyl (C=O) groups is 2. The fraction of sp³-hybridized carbons (Fsp3) is 0.333. The molecule has 0 aliphatic rings. The molecule has 0 N–H and O–H groups in total. The van der Waals surface area contributed by atoms with Crippen LogP contribution in [0.2, 0.25) is 0 Å². The van der Waals surface area contributed by atoms with Crippen molar-refractivity contribution in [3.8, 4) is 5.06 Å². The quantitative estimate of drug-likeness (QED) is 0.699. The number of ketones is 2. The number of hydrogen-bond acceptors (Lipinski definition) is 4. The molecular weight excluding hydrogens is 188 g/mol. The Labute approximate surface area is 80.3 Å². The first-order valence-corrected chi connectivity index (χ1v) is 4.57. The van der Waals surface area contributed by atoms with E-state index >= 15 is 0 Å². The molecule has 0 aromatic carbocycles. The summed E-state index contributed by atoms with van der Waals surface area (Å²) in [6.45, 7) is 2.92. The molecule has 1 rings (SSSR count). The molecule has 1 aromatic rings. The zero-order chi connectivity index (χ0) is 10.0. The number of carbonyl (C=O) groups excluding carboxylic acids is 2. The first-order chi connectivity index (χ1) is 6.06. The zero-order valence-corrected chi connectivity index (χ0v) is 8.53. The van der Waals surface area contributed by atoms with Gasteiger partial charge < -0.3 is 4.74 Å². The van der Waals surface area contributed by atoms with Gasteiger partial charge in [0, 0.05) is 0 Å². The van der Waals surface area contributed by atoms with Crippen molar-refractivity contribution in [2.45, 2.75) is 13.8 Å². The van der Waals surface area contributed by atoms with Crippen LogP contribution in [-0.2, 0) is 0 Å². The molecule has 1 heterocycles. The van der Waals surface area contributed by atoms with Gasteiger partial charge in [0.05, 0.1) is 17.6 Å². The highest BCUT2D eigenvalue weighted by atomic mass is 32.1. The molecule has 4 heteroatoms. The van der Waals surface area contributed by atoms with Crippen LogP contribution in [0.15, 0.2) is 6.07 Å². The first-order valence-electron chi connectivity index (χ1n) is 3.76. The highest BCUT2D eigenvalue weighted by Crippen LogP contribution is 2.30. The molecule has 0 bridgehead atoms. The van der Waals surface area contributed by atoms with Crippen molar-refractivity contribution in [3.05, 3.63) is 16.5 Å². The van der Waals surface area contributed by atoms with E-state index < -0.39 is 0 Å². The van der Waals surface area contributed by atoms with Gasteiger partial charge in [-0.2, -0.15) is 0 Å². The Hall–Kier alpha value is -1.16. The molecule has 0 fully saturated rings. The minimum atomic E-state index is -0.0828. The highest BCUT2D eigenvalue weighted by molar-refractivity contribution is 7.16.